The minimum absolute atomic E-state index is 0.356. The average molecular weight is 305 g/mol. The standard InChI is InChI=1S/C16H27N5O/c1-19-11-14(22-3)8-13(19)10-20(2)15-9-16(18-12-17-15)21-6-4-5-7-21/h9,12-14H,4-8,10-11H2,1-3H3/t13-,14-/m0/s1. The van der Waals surface area contributed by atoms with Crippen LogP contribution in [0.2, 0.25) is 0 Å². The summed E-state index contributed by atoms with van der Waals surface area (Å²) in [6, 6.07) is 2.63. The SMILES string of the molecule is CO[C@H]1C[C@@H](CN(C)c2cc(N3CCCC3)ncn2)N(C)C1. The van der Waals surface area contributed by atoms with Gasteiger partial charge < -0.3 is 14.5 Å². The zero-order valence-electron chi connectivity index (χ0n) is 13.9. The molecule has 2 aliphatic rings. The Balaban J connectivity index is 1.64. The Labute approximate surface area is 133 Å². The first-order chi connectivity index (χ1) is 10.7. The van der Waals surface area contributed by atoms with Gasteiger partial charge in [-0.1, -0.05) is 0 Å². The van der Waals surface area contributed by atoms with Gasteiger partial charge in [0.25, 0.3) is 0 Å². The molecule has 0 saturated carbocycles. The summed E-state index contributed by atoms with van der Waals surface area (Å²) >= 11 is 0. The molecule has 0 spiro atoms. The average Bonchev–Trinajstić information content (AvgIpc) is 3.18. The molecule has 2 atom stereocenters. The van der Waals surface area contributed by atoms with Crippen LogP contribution in [0.4, 0.5) is 11.6 Å². The zero-order valence-corrected chi connectivity index (χ0v) is 13.9. The molecule has 22 heavy (non-hydrogen) atoms. The number of nitrogens with zero attached hydrogens (tertiary/aromatic N) is 5. The minimum Gasteiger partial charge on any atom is -0.380 e. The van der Waals surface area contributed by atoms with Crippen LogP contribution < -0.4 is 9.80 Å². The summed E-state index contributed by atoms with van der Waals surface area (Å²) in [7, 11) is 6.09. The topological polar surface area (TPSA) is 44.7 Å². The van der Waals surface area contributed by atoms with Crippen molar-refractivity contribution >= 4 is 11.6 Å². The van der Waals surface area contributed by atoms with E-state index in [-0.39, 0.29) is 0 Å². The van der Waals surface area contributed by atoms with E-state index in [2.05, 4.69) is 44.8 Å². The molecule has 0 N–H and O–H groups in total. The summed E-state index contributed by atoms with van der Waals surface area (Å²) in [4.78, 5) is 15.9. The van der Waals surface area contributed by atoms with Gasteiger partial charge in [-0.3, -0.25) is 4.90 Å². The van der Waals surface area contributed by atoms with E-state index in [4.69, 9.17) is 4.74 Å². The molecule has 0 amide bonds. The maximum Gasteiger partial charge on any atom is 0.134 e. The number of anilines is 2. The van der Waals surface area contributed by atoms with Gasteiger partial charge in [0.2, 0.25) is 0 Å². The molecule has 0 bridgehead atoms. The third-order valence-corrected chi connectivity index (χ3v) is 4.93. The number of ether oxygens (including phenoxy) is 1. The lowest BCUT2D eigenvalue weighted by atomic mass is 10.2. The highest BCUT2D eigenvalue weighted by atomic mass is 16.5. The predicted octanol–water partition coefficient (Wildman–Crippen LogP) is 1.23. The van der Waals surface area contributed by atoms with Crippen molar-refractivity contribution in [2.45, 2.75) is 31.4 Å². The van der Waals surface area contributed by atoms with E-state index < -0.39 is 0 Å². The lowest BCUT2D eigenvalue weighted by Gasteiger charge is -2.27. The number of hydrogen-bond donors (Lipinski definition) is 0. The third-order valence-electron chi connectivity index (χ3n) is 4.93. The summed E-state index contributed by atoms with van der Waals surface area (Å²) in [5.74, 6) is 2.06. The molecular formula is C16H27N5O. The molecule has 3 rings (SSSR count). The number of likely N-dealkylation sites (N-methyl/N-ethyl adjacent to an activating group) is 2. The van der Waals surface area contributed by atoms with Crippen molar-refractivity contribution < 1.29 is 4.74 Å². The molecule has 1 aromatic heterocycles. The fourth-order valence-electron chi connectivity index (χ4n) is 3.49. The van der Waals surface area contributed by atoms with Gasteiger partial charge in [0.15, 0.2) is 0 Å². The van der Waals surface area contributed by atoms with Crippen LogP contribution in [0.1, 0.15) is 19.3 Å². The maximum atomic E-state index is 5.49. The Morgan fingerprint density at radius 1 is 1.32 bits per heavy atom. The van der Waals surface area contributed by atoms with Crippen molar-refractivity contribution in [1.82, 2.24) is 14.9 Å². The van der Waals surface area contributed by atoms with Crippen LogP contribution in [0.25, 0.3) is 0 Å². The van der Waals surface area contributed by atoms with Crippen molar-refractivity contribution in [1.29, 1.82) is 0 Å². The molecule has 0 radical (unpaired) electrons. The van der Waals surface area contributed by atoms with Gasteiger partial charge in [-0.15, -0.1) is 0 Å². The van der Waals surface area contributed by atoms with E-state index in [1.54, 1.807) is 13.4 Å². The van der Waals surface area contributed by atoms with E-state index in [0.717, 1.165) is 44.2 Å². The fraction of sp³-hybridized carbons (Fsp3) is 0.750. The van der Waals surface area contributed by atoms with Gasteiger partial charge >= 0.3 is 0 Å². The first-order valence-corrected chi connectivity index (χ1v) is 8.18. The quantitative estimate of drug-likeness (QED) is 0.815. The summed E-state index contributed by atoms with van der Waals surface area (Å²) in [6.07, 6.45) is 5.66. The minimum atomic E-state index is 0.356. The summed E-state index contributed by atoms with van der Waals surface area (Å²) < 4.78 is 5.49. The van der Waals surface area contributed by atoms with Crippen molar-refractivity contribution in [3.63, 3.8) is 0 Å². The monoisotopic (exact) mass is 305 g/mol. The third kappa shape index (κ3) is 3.33. The van der Waals surface area contributed by atoms with Crippen molar-refractivity contribution in [3.8, 4) is 0 Å². The highest BCUT2D eigenvalue weighted by Gasteiger charge is 2.30. The van der Waals surface area contributed by atoms with Crippen molar-refractivity contribution in [2.75, 3.05) is 57.2 Å². The number of hydrogen-bond acceptors (Lipinski definition) is 6. The van der Waals surface area contributed by atoms with Gasteiger partial charge in [0.1, 0.15) is 18.0 Å². The second-order valence-corrected chi connectivity index (χ2v) is 6.50. The van der Waals surface area contributed by atoms with Gasteiger partial charge in [-0.25, -0.2) is 9.97 Å². The first kappa shape index (κ1) is 15.5. The number of methoxy groups -OCH3 is 1. The van der Waals surface area contributed by atoms with E-state index in [1.165, 1.54) is 12.8 Å². The number of rotatable bonds is 5. The van der Waals surface area contributed by atoms with Gasteiger partial charge in [0.05, 0.1) is 6.10 Å². The molecule has 3 heterocycles. The molecule has 6 nitrogen and oxygen atoms in total. The molecular weight excluding hydrogens is 278 g/mol. The highest BCUT2D eigenvalue weighted by Crippen LogP contribution is 2.23. The molecule has 2 aliphatic heterocycles. The Morgan fingerprint density at radius 2 is 2.09 bits per heavy atom. The Kier molecular flexibility index (Phi) is 4.78. The Bertz CT molecular complexity index is 491. The molecule has 122 valence electrons. The molecule has 6 heteroatoms. The van der Waals surface area contributed by atoms with E-state index in [1.807, 2.05) is 0 Å². The summed E-state index contributed by atoms with van der Waals surface area (Å²) in [6.45, 7) is 4.20. The number of aromatic nitrogens is 2. The van der Waals surface area contributed by atoms with Gasteiger partial charge in [0, 0.05) is 52.4 Å². The first-order valence-electron chi connectivity index (χ1n) is 8.18. The lowest BCUT2D eigenvalue weighted by molar-refractivity contribution is 0.111. The van der Waals surface area contributed by atoms with Crippen LogP contribution in [0.5, 0.6) is 0 Å². The Morgan fingerprint density at radius 3 is 2.77 bits per heavy atom. The normalized spacial score (nSPS) is 25.9. The van der Waals surface area contributed by atoms with Gasteiger partial charge in [-0.05, 0) is 26.3 Å². The van der Waals surface area contributed by atoms with Crippen molar-refractivity contribution in [2.24, 2.45) is 0 Å². The lowest BCUT2D eigenvalue weighted by Crippen LogP contribution is -2.37. The van der Waals surface area contributed by atoms with Crippen molar-refractivity contribution in [3.05, 3.63) is 12.4 Å². The molecule has 2 fully saturated rings. The summed E-state index contributed by atoms with van der Waals surface area (Å²) in [5, 5.41) is 0. The second-order valence-electron chi connectivity index (χ2n) is 6.50. The van der Waals surface area contributed by atoms with Crippen LogP contribution in [-0.4, -0.2) is 74.4 Å². The van der Waals surface area contributed by atoms with Crippen LogP contribution in [0, 0.1) is 0 Å². The molecule has 0 aromatic carbocycles. The predicted molar refractivity (Wildman–Crippen MR) is 88.6 cm³/mol. The molecule has 0 aliphatic carbocycles. The van der Waals surface area contributed by atoms with Crippen LogP contribution >= 0.6 is 0 Å². The second kappa shape index (κ2) is 6.79. The van der Waals surface area contributed by atoms with E-state index in [0.29, 0.717) is 12.1 Å². The van der Waals surface area contributed by atoms with Crippen LogP contribution in [-0.2, 0) is 4.74 Å². The van der Waals surface area contributed by atoms with E-state index >= 15 is 0 Å². The Hall–Kier alpha value is -1.40. The van der Waals surface area contributed by atoms with E-state index in [9.17, 15) is 0 Å². The largest absolute Gasteiger partial charge is 0.380 e. The highest BCUT2D eigenvalue weighted by molar-refractivity contribution is 5.50. The van der Waals surface area contributed by atoms with Gasteiger partial charge in [-0.2, -0.15) is 0 Å². The fourth-order valence-corrected chi connectivity index (χ4v) is 3.49. The molecule has 0 unspecified atom stereocenters. The van der Waals surface area contributed by atoms with Crippen LogP contribution in [0.15, 0.2) is 12.4 Å². The summed E-state index contributed by atoms with van der Waals surface area (Å²) in [5.41, 5.74) is 0. The zero-order chi connectivity index (χ0) is 15.5. The molecule has 2 saturated heterocycles. The molecule has 1 aromatic rings. The van der Waals surface area contributed by atoms with Crippen LogP contribution in [0.3, 0.4) is 0 Å². The smallest absolute Gasteiger partial charge is 0.134 e. The maximum absolute atomic E-state index is 5.49. The number of likely N-dealkylation sites (tertiary alicyclic amines) is 1.